The van der Waals surface area contributed by atoms with Gasteiger partial charge in [-0.25, -0.2) is 4.79 Å². The number of carbonyl (C=O) groups is 2. The molecular formula is C23H22BrNO5S. The summed E-state index contributed by atoms with van der Waals surface area (Å²) >= 11 is 4.70. The predicted molar refractivity (Wildman–Crippen MR) is 125 cm³/mol. The van der Waals surface area contributed by atoms with E-state index < -0.39 is 5.97 Å². The van der Waals surface area contributed by atoms with Crippen LogP contribution in [0.5, 0.6) is 11.5 Å². The lowest BCUT2D eigenvalue weighted by Crippen LogP contribution is -2.21. The molecule has 0 radical (unpaired) electrons. The van der Waals surface area contributed by atoms with Crippen LogP contribution in [0.25, 0.3) is 11.1 Å². The van der Waals surface area contributed by atoms with Gasteiger partial charge in [-0.05, 0) is 59.6 Å². The summed E-state index contributed by atoms with van der Waals surface area (Å²) in [5, 5.41) is 3.22. The number of hydrogen-bond donors (Lipinski definition) is 1. The highest BCUT2D eigenvalue weighted by atomic mass is 79.9. The monoisotopic (exact) mass is 503 g/mol. The molecule has 6 nitrogen and oxygen atoms in total. The lowest BCUT2D eigenvalue weighted by molar-refractivity contribution is -0.118. The van der Waals surface area contributed by atoms with E-state index in [1.54, 1.807) is 6.07 Å². The van der Waals surface area contributed by atoms with Gasteiger partial charge in [0, 0.05) is 10.4 Å². The third kappa shape index (κ3) is 5.45. The second-order valence-electron chi connectivity index (χ2n) is 6.45. The van der Waals surface area contributed by atoms with Crippen LogP contribution in [0.3, 0.4) is 0 Å². The van der Waals surface area contributed by atoms with E-state index in [0.29, 0.717) is 22.9 Å². The van der Waals surface area contributed by atoms with Crippen LogP contribution in [-0.2, 0) is 9.53 Å². The Morgan fingerprint density at radius 3 is 2.42 bits per heavy atom. The van der Waals surface area contributed by atoms with E-state index in [1.807, 2.05) is 56.3 Å². The summed E-state index contributed by atoms with van der Waals surface area (Å²) in [6.45, 7) is 4.19. The van der Waals surface area contributed by atoms with Crippen molar-refractivity contribution in [2.24, 2.45) is 0 Å². The van der Waals surface area contributed by atoms with Gasteiger partial charge in [0.1, 0.15) is 22.1 Å². The highest BCUT2D eigenvalue weighted by Gasteiger charge is 2.25. The molecule has 0 bridgehead atoms. The number of ether oxygens (including phenoxy) is 3. The molecule has 0 atom stereocenters. The summed E-state index contributed by atoms with van der Waals surface area (Å²) < 4.78 is 16.8. The van der Waals surface area contributed by atoms with Gasteiger partial charge >= 0.3 is 5.97 Å². The first-order chi connectivity index (χ1) is 14.9. The molecule has 1 heterocycles. The number of carbonyl (C=O) groups excluding carboxylic acids is 2. The molecule has 3 aromatic rings. The van der Waals surface area contributed by atoms with E-state index >= 15 is 0 Å². The van der Waals surface area contributed by atoms with E-state index in [2.05, 4.69) is 21.2 Å². The minimum Gasteiger partial charge on any atom is -0.494 e. The van der Waals surface area contributed by atoms with Crippen molar-refractivity contribution in [1.82, 2.24) is 0 Å². The molecule has 0 fully saturated rings. The third-order valence-electron chi connectivity index (χ3n) is 4.38. The molecule has 0 spiro atoms. The number of aryl methyl sites for hydroxylation is 1. The Kier molecular flexibility index (Phi) is 7.70. The lowest BCUT2D eigenvalue weighted by Gasteiger charge is -2.10. The number of esters is 1. The number of rotatable bonds is 8. The second-order valence-corrected chi connectivity index (χ2v) is 8.53. The summed E-state index contributed by atoms with van der Waals surface area (Å²) in [6, 6.07) is 14.7. The third-order valence-corrected chi connectivity index (χ3v) is 6.05. The number of anilines is 1. The maximum atomic E-state index is 12.6. The van der Waals surface area contributed by atoms with Crippen molar-refractivity contribution >= 4 is 44.1 Å². The number of amides is 1. The minimum absolute atomic E-state index is 0.196. The SMILES string of the molecule is CCOc1ccc(-c2c(C)sc(NC(=O)COc3ccccc3Br)c2C(=O)OC)cc1. The molecule has 0 saturated heterocycles. The van der Waals surface area contributed by atoms with Gasteiger partial charge in [-0.15, -0.1) is 11.3 Å². The summed E-state index contributed by atoms with van der Waals surface area (Å²) in [5.74, 6) is 0.412. The van der Waals surface area contributed by atoms with Gasteiger partial charge in [0.2, 0.25) is 0 Å². The summed E-state index contributed by atoms with van der Waals surface area (Å²) in [4.78, 5) is 26.0. The fraction of sp³-hybridized carbons (Fsp3) is 0.217. The van der Waals surface area contributed by atoms with Gasteiger partial charge in [-0.1, -0.05) is 24.3 Å². The fourth-order valence-electron chi connectivity index (χ4n) is 3.03. The number of thiophene rings is 1. The van der Waals surface area contributed by atoms with Gasteiger partial charge < -0.3 is 19.5 Å². The van der Waals surface area contributed by atoms with Crippen molar-refractivity contribution in [1.29, 1.82) is 0 Å². The largest absolute Gasteiger partial charge is 0.494 e. The fourth-order valence-corrected chi connectivity index (χ4v) is 4.51. The lowest BCUT2D eigenvalue weighted by atomic mass is 10.0. The topological polar surface area (TPSA) is 73.9 Å². The Labute approximate surface area is 193 Å². The highest BCUT2D eigenvalue weighted by molar-refractivity contribution is 9.10. The van der Waals surface area contributed by atoms with Crippen LogP contribution in [0, 0.1) is 6.92 Å². The summed E-state index contributed by atoms with van der Waals surface area (Å²) in [5.41, 5.74) is 1.88. The first kappa shape index (κ1) is 22.8. The molecule has 0 aliphatic rings. The van der Waals surface area contributed by atoms with E-state index in [-0.39, 0.29) is 12.5 Å². The van der Waals surface area contributed by atoms with Gasteiger partial charge in [0.15, 0.2) is 6.61 Å². The van der Waals surface area contributed by atoms with Crippen molar-refractivity contribution in [3.8, 4) is 22.6 Å². The molecule has 2 aromatic carbocycles. The van der Waals surface area contributed by atoms with Gasteiger partial charge in [-0.3, -0.25) is 4.79 Å². The van der Waals surface area contributed by atoms with Crippen molar-refractivity contribution in [2.45, 2.75) is 13.8 Å². The number of hydrogen-bond acceptors (Lipinski definition) is 6. The molecular weight excluding hydrogens is 482 g/mol. The van der Waals surface area contributed by atoms with Crippen LogP contribution in [0.1, 0.15) is 22.2 Å². The number of nitrogens with one attached hydrogen (secondary N) is 1. The molecule has 1 N–H and O–H groups in total. The van der Waals surface area contributed by atoms with Crippen LogP contribution in [0.2, 0.25) is 0 Å². The maximum absolute atomic E-state index is 12.6. The Hall–Kier alpha value is -2.84. The normalized spacial score (nSPS) is 10.5. The molecule has 1 aromatic heterocycles. The molecule has 1 amide bonds. The zero-order valence-corrected chi connectivity index (χ0v) is 19.8. The van der Waals surface area contributed by atoms with Crippen molar-refractivity contribution in [3.63, 3.8) is 0 Å². The second kappa shape index (κ2) is 10.5. The smallest absolute Gasteiger partial charge is 0.341 e. The van der Waals surface area contributed by atoms with Crippen molar-refractivity contribution < 1.29 is 23.8 Å². The van der Waals surface area contributed by atoms with Gasteiger partial charge in [0.05, 0.1) is 18.2 Å². The zero-order chi connectivity index (χ0) is 22.4. The number of benzene rings is 2. The van der Waals surface area contributed by atoms with Crippen LogP contribution in [-0.4, -0.2) is 32.2 Å². The maximum Gasteiger partial charge on any atom is 0.341 e. The van der Waals surface area contributed by atoms with Gasteiger partial charge in [0.25, 0.3) is 5.91 Å². The number of halogens is 1. The van der Waals surface area contributed by atoms with Crippen molar-refractivity contribution in [3.05, 3.63) is 63.4 Å². The molecule has 0 saturated carbocycles. The number of para-hydroxylation sites is 1. The predicted octanol–water partition coefficient (Wildman–Crippen LogP) is 5.69. The molecule has 8 heteroatoms. The Morgan fingerprint density at radius 2 is 1.77 bits per heavy atom. The Bertz CT molecular complexity index is 1080. The van der Waals surface area contributed by atoms with Crippen LogP contribution >= 0.6 is 27.3 Å². The standard InChI is InChI=1S/C23H22BrNO5S/c1-4-29-16-11-9-15(10-12-16)20-14(2)31-22(21(20)23(27)28-3)25-19(26)13-30-18-8-6-5-7-17(18)24/h5-12H,4,13H2,1-3H3,(H,25,26). The Balaban J connectivity index is 1.85. The summed E-state index contributed by atoms with van der Waals surface area (Å²) in [6.07, 6.45) is 0. The highest BCUT2D eigenvalue weighted by Crippen LogP contribution is 2.40. The zero-order valence-electron chi connectivity index (χ0n) is 17.4. The molecule has 0 aliphatic heterocycles. The number of methoxy groups -OCH3 is 1. The van der Waals surface area contributed by atoms with Gasteiger partial charge in [-0.2, -0.15) is 0 Å². The van der Waals surface area contributed by atoms with E-state index in [4.69, 9.17) is 14.2 Å². The molecule has 0 unspecified atom stereocenters. The first-order valence-corrected chi connectivity index (χ1v) is 11.2. The average molecular weight is 504 g/mol. The molecule has 3 rings (SSSR count). The molecule has 162 valence electrons. The van der Waals surface area contributed by atoms with Crippen LogP contribution in [0.4, 0.5) is 5.00 Å². The van der Waals surface area contributed by atoms with Crippen LogP contribution < -0.4 is 14.8 Å². The minimum atomic E-state index is -0.518. The summed E-state index contributed by atoms with van der Waals surface area (Å²) in [7, 11) is 1.32. The molecule has 0 aliphatic carbocycles. The Morgan fingerprint density at radius 1 is 1.06 bits per heavy atom. The van der Waals surface area contributed by atoms with E-state index in [9.17, 15) is 9.59 Å². The average Bonchev–Trinajstić information content (AvgIpc) is 3.08. The molecule has 31 heavy (non-hydrogen) atoms. The van der Waals surface area contributed by atoms with Crippen LogP contribution in [0.15, 0.2) is 53.0 Å². The van der Waals surface area contributed by atoms with Crippen molar-refractivity contribution in [2.75, 3.05) is 25.6 Å². The first-order valence-electron chi connectivity index (χ1n) is 9.56. The van der Waals surface area contributed by atoms with E-state index in [1.165, 1.54) is 18.4 Å². The van der Waals surface area contributed by atoms with E-state index in [0.717, 1.165) is 26.2 Å². The quantitative estimate of drug-likeness (QED) is 0.399.